The number of amides is 1. The first-order valence-electron chi connectivity index (χ1n) is 9.48. The molecule has 0 bridgehead atoms. The molecule has 2 aromatic heterocycles. The maximum absolute atomic E-state index is 12.8. The van der Waals surface area contributed by atoms with Crippen molar-refractivity contribution in [1.29, 1.82) is 0 Å². The summed E-state index contributed by atoms with van der Waals surface area (Å²) >= 11 is 0. The number of hydrogen-bond acceptors (Lipinski definition) is 6. The third-order valence-corrected chi connectivity index (χ3v) is 5.09. The predicted molar refractivity (Wildman–Crippen MR) is 105 cm³/mol. The molecule has 10 nitrogen and oxygen atoms in total. The molecule has 156 valence electrons. The Kier molecular flexibility index (Phi) is 4.65. The van der Waals surface area contributed by atoms with Gasteiger partial charge in [0, 0.05) is 6.92 Å². The Hall–Kier alpha value is -3.53. The monoisotopic (exact) mass is 412 g/mol. The number of carbonyl (C=O) groups excluding carboxylic acids is 2. The van der Waals surface area contributed by atoms with E-state index in [0.717, 1.165) is 5.39 Å². The van der Waals surface area contributed by atoms with Crippen LogP contribution in [0.5, 0.6) is 5.75 Å². The average Bonchev–Trinajstić information content (AvgIpc) is 3.07. The maximum Gasteiger partial charge on any atom is 0.296 e. The third-order valence-electron chi connectivity index (χ3n) is 5.09. The Morgan fingerprint density at radius 2 is 2.07 bits per heavy atom. The molecule has 0 saturated carbocycles. The van der Waals surface area contributed by atoms with Gasteiger partial charge in [-0.1, -0.05) is 21.5 Å². The van der Waals surface area contributed by atoms with E-state index in [2.05, 4.69) is 10.3 Å². The lowest BCUT2D eigenvalue weighted by Gasteiger charge is -2.32. The molecule has 1 aromatic carbocycles. The summed E-state index contributed by atoms with van der Waals surface area (Å²) in [7, 11) is 0. The van der Waals surface area contributed by atoms with Crippen molar-refractivity contribution in [3.63, 3.8) is 0 Å². The second-order valence-corrected chi connectivity index (χ2v) is 7.57. The van der Waals surface area contributed by atoms with Crippen molar-refractivity contribution >= 4 is 22.7 Å². The van der Waals surface area contributed by atoms with E-state index in [1.54, 1.807) is 30.8 Å². The van der Waals surface area contributed by atoms with Gasteiger partial charge >= 0.3 is 0 Å². The van der Waals surface area contributed by atoms with Crippen molar-refractivity contribution in [2.75, 3.05) is 6.61 Å². The minimum atomic E-state index is -0.879. The van der Waals surface area contributed by atoms with E-state index in [0.29, 0.717) is 12.1 Å². The van der Waals surface area contributed by atoms with Crippen molar-refractivity contribution < 1.29 is 24.1 Å². The molecule has 0 radical (unpaired) electrons. The van der Waals surface area contributed by atoms with E-state index in [1.807, 2.05) is 18.2 Å². The van der Waals surface area contributed by atoms with Gasteiger partial charge < -0.3 is 9.84 Å². The number of nitrogens with zero attached hydrogens (tertiary/aromatic N) is 4. The second-order valence-electron chi connectivity index (χ2n) is 7.57. The first kappa shape index (κ1) is 19.8. The lowest BCUT2D eigenvalue weighted by atomic mass is 10.1. The Balaban J connectivity index is 1.67. The molecule has 30 heavy (non-hydrogen) atoms. The second kappa shape index (κ2) is 7.06. The summed E-state index contributed by atoms with van der Waals surface area (Å²) in [5, 5.41) is 13.7. The van der Waals surface area contributed by atoms with Crippen LogP contribution in [0, 0.1) is 0 Å². The van der Waals surface area contributed by atoms with E-state index < -0.39 is 22.8 Å². The molecule has 0 saturated heterocycles. The largest absolute Gasteiger partial charge is 0.501 e. The van der Waals surface area contributed by atoms with Gasteiger partial charge in [0.05, 0.1) is 18.5 Å². The smallest absolute Gasteiger partial charge is 0.296 e. The van der Waals surface area contributed by atoms with Crippen molar-refractivity contribution in [2.45, 2.75) is 39.6 Å². The van der Waals surface area contributed by atoms with Crippen LogP contribution in [0.25, 0.3) is 10.9 Å². The summed E-state index contributed by atoms with van der Waals surface area (Å²) in [4.78, 5) is 41.6. The van der Waals surface area contributed by atoms with Crippen LogP contribution in [0.2, 0.25) is 0 Å². The van der Waals surface area contributed by atoms with E-state index >= 15 is 0 Å². The van der Waals surface area contributed by atoms with Gasteiger partial charge in [0.1, 0.15) is 16.9 Å². The summed E-state index contributed by atoms with van der Waals surface area (Å²) < 4.78 is 9.94. The van der Waals surface area contributed by atoms with E-state index in [1.165, 1.54) is 16.2 Å². The zero-order valence-corrected chi connectivity index (χ0v) is 16.9. The number of aromatic hydroxyl groups is 1. The molecule has 4 rings (SSSR count). The van der Waals surface area contributed by atoms with Crippen LogP contribution in [0.4, 0.5) is 0 Å². The Morgan fingerprint density at radius 1 is 1.33 bits per heavy atom. The molecular formula is C20H22N5O5+. The fourth-order valence-electron chi connectivity index (χ4n) is 3.68. The zero-order valence-electron chi connectivity index (χ0n) is 16.9. The molecule has 3 aromatic rings. The Bertz CT molecular complexity index is 1240. The number of rotatable bonds is 3. The highest BCUT2D eigenvalue weighted by atomic mass is 16.5. The molecule has 3 heterocycles. The van der Waals surface area contributed by atoms with Crippen LogP contribution >= 0.6 is 0 Å². The van der Waals surface area contributed by atoms with E-state index in [-0.39, 0.29) is 30.6 Å². The molecule has 0 spiro atoms. The SMILES string of the molecule is CC(=O)n1c2ccccc2c[n+]1CNC(=O)c1nc2n(c(=O)c1O)CCOC2(C)C. The predicted octanol–water partition coefficient (Wildman–Crippen LogP) is 0.504. The topological polar surface area (TPSA) is 119 Å². The molecule has 0 unspecified atom stereocenters. The fraction of sp³-hybridized carbons (Fsp3) is 0.350. The van der Waals surface area contributed by atoms with Gasteiger partial charge in [-0.3, -0.25) is 24.3 Å². The highest BCUT2D eigenvalue weighted by Gasteiger charge is 2.34. The standard InChI is InChI=1S/C20H21N5O5/c1-12(26)25-14-7-5-4-6-13(14)10-23(25)11-21-17(28)15-16(27)18(29)24-8-9-30-20(2,3)19(24)22-15/h4-7,10H,8-9,11H2,1-3H3,(H-,21,27,28)/p+1. The first-order chi connectivity index (χ1) is 14.2. The normalized spacial score (nSPS) is 15.0. The first-order valence-corrected chi connectivity index (χ1v) is 9.48. The van der Waals surface area contributed by atoms with Crippen molar-refractivity contribution in [3.8, 4) is 5.75 Å². The van der Waals surface area contributed by atoms with Crippen LogP contribution in [0.15, 0.2) is 35.3 Å². The van der Waals surface area contributed by atoms with Gasteiger partial charge in [-0.25, -0.2) is 4.98 Å². The number of benzene rings is 1. The maximum atomic E-state index is 12.8. The molecule has 10 heteroatoms. The number of para-hydroxylation sites is 1. The lowest BCUT2D eigenvalue weighted by molar-refractivity contribution is -0.764. The summed E-state index contributed by atoms with van der Waals surface area (Å²) in [6, 6.07) is 7.32. The van der Waals surface area contributed by atoms with E-state index in [4.69, 9.17) is 4.74 Å². The number of hydrogen-bond donors (Lipinski definition) is 2. The average molecular weight is 412 g/mol. The summed E-state index contributed by atoms with van der Waals surface area (Å²) in [6.07, 6.45) is 1.73. The molecule has 0 fully saturated rings. The molecule has 1 amide bonds. The van der Waals surface area contributed by atoms with Crippen LogP contribution in [0.3, 0.4) is 0 Å². The lowest BCUT2D eigenvalue weighted by Crippen LogP contribution is -2.51. The minimum absolute atomic E-state index is 0.0630. The minimum Gasteiger partial charge on any atom is -0.501 e. The molecule has 1 aliphatic rings. The summed E-state index contributed by atoms with van der Waals surface area (Å²) in [5.41, 5.74) is -1.25. The molecule has 2 N–H and O–H groups in total. The molecule has 1 aliphatic heterocycles. The Labute approximate surface area is 171 Å². The van der Waals surface area contributed by atoms with Crippen LogP contribution in [-0.4, -0.2) is 37.8 Å². The highest BCUT2D eigenvalue weighted by Crippen LogP contribution is 2.27. The summed E-state index contributed by atoms with van der Waals surface area (Å²) in [6.45, 7) is 5.39. The van der Waals surface area contributed by atoms with Gasteiger partial charge in [-0.05, 0) is 26.0 Å². The summed E-state index contributed by atoms with van der Waals surface area (Å²) in [5.74, 6) is -1.40. The zero-order chi connectivity index (χ0) is 21.6. The molecule has 0 aliphatic carbocycles. The van der Waals surface area contributed by atoms with Gasteiger partial charge in [-0.2, -0.15) is 0 Å². The van der Waals surface area contributed by atoms with Gasteiger partial charge in [0.15, 0.2) is 5.69 Å². The van der Waals surface area contributed by atoms with Crippen molar-refractivity contribution in [1.82, 2.24) is 19.5 Å². The quantitative estimate of drug-likeness (QED) is 0.605. The van der Waals surface area contributed by atoms with Gasteiger partial charge in [0.25, 0.3) is 17.4 Å². The van der Waals surface area contributed by atoms with Crippen LogP contribution < -0.4 is 15.6 Å². The van der Waals surface area contributed by atoms with Crippen molar-refractivity contribution in [3.05, 3.63) is 52.3 Å². The highest BCUT2D eigenvalue weighted by molar-refractivity contribution is 5.94. The number of nitrogens with one attached hydrogen (secondary N) is 1. The number of carbonyl (C=O) groups is 2. The van der Waals surface area contributed by atoms with Gasteiger partial charge in [-0.15, -0.1) is 0 Å². The van der Waals surface area contributed by atoms with Gasteiger partial charge in [0.2, 0.25) is 18.6 Å². The van der Waals surface area contributed by atoms with Crippen LogP contribution in [-0.2, 0) is 23.6 Å². The van der Waals surface area contributed by atoms with Crippen LogP contribution in [0.1, 0.15) is 41.9 Å². The number of ether oxygens (including phenoxy) is 1. The number of fused-ring (bicyclic) bond motifs is 2. The Morgan fingerprint density at radius 3 is 2.80 bits per heavy atom. The number of aromatic nitrogens is 4. The third kappa shape index (κ3) is 3.14. The molecular weight excluding hydrogens is 390 g/mol. The van der Waals surface area contributed by atoms with E-state index in [9.17, 15) is 19.5 Å². The van der Waals surface area contributed by atoms with Crippen molar-refractivity contribution in [2.24, 2.45) is 0 Å². The molecule has 0 atom stereocenters. The fourth-order valence-corrected chi connectivity index (χ4v) is 3.68.